The van der Waals surface area contributed by atoms with Crippen LogP contribution in [0.3, 0.4) is 0 Å². The number of halogens is 1. The number of carbonyl (C=O) groups is 1. The van der Waals surface area contributed by atoms with Crippen molar-refractivity contribution in [3.8, 4) is 0 Å². The van der Waals surface area contributed by atoms with Crippen LogP contribution in [0.5, 0.6) is 0 Å². The van der Waals surface area contributed by atoms with Crippen LogP contribution in [-0.4, -0.2) is 10.8 Å². The Kier molecular flexibility index (Phi) is 3.51. The van der Waals surface area contributed by atoms with Crippen molar-refractivity contribution >= 4 is 5.78 Å². The minimum Gasteiger partial charge on any atom is -0.293 e. The molecule has 1 aromatic carbocycles. The van der Waals surface area contributed by atoms with Gasteiger partial charge in [-0.1, -0.05) is 18.2 Å². The normalized spacial score (nSPS) is 12.2. The van der Waals surface area contributed by atoms with Crippen molar-refractivity contribution < 1.29 is 9.18 Å². The van der Waals surface area contributed by atoms with Gasteiger partial charge in [0.05, 0.1) is 11.6 Å². The number of Topliss-reactive ketones (excluding diaryl/α,β-unsaturated/α-hetero) is 1. The molecule has 0 radical (unpaired) electrons. The summed E-state index contributed by atoms with van der Waals surface area (Å²) < 4.78 is 13.4. The van der Waals surface area contributed by atoms with E-state index in [2.05, 4.69) is 4.98 Å². The number of carbonyl (C=O) groups excluding carboxylic acids is 1. The topological polar surface area (TPSA) is 30.0 Å². The van der Waals surface area contributed by atoms with Crippen LogP contribution in [0, 0.1) is 12.7 Å². The maximum absolute atomic E-state index is 13.4. The lowest BCUT2D eigenvalue weighted by molar-refractivity contribution is 0.0964. The second-order valence-corrected chi connectivity index (χ2v) is 4.30. The highest BCUT2D eigenvalue weighted by molar-refractivity contribution is 6.00. The molecule has 2 nitrogen and oxygen atoms in total. The van der Waals surface area contributed by atoms with E-state index in [1.807, 2.05) is 6.07 Å². The number of ketones is 1. The summed E-state index contributed by atoms with van der Waals surface area (Å²) in [5, 5.41) is 0. The second kappa shape index (κ2) is 5.08. The van der Waals surface area contributed by atoms with Gasteiger partial charge in [-0.3, -0.25) is 9.78 Å². The van der Waals surface area contributed by atoms with Crippen molar-refractivity contribution in [3.05, 3.63) is 65.2 Å². The minimum absolute atomic E-state index is 0.118. The molecule has 0 spiro atoms. The Morgan fingerprint density at radius 3 is 2.67 bits per heavy atom. The van der Waals surface area contributed by atoms with Gasteiger partial charge in [-0.2, -0.15) is 0 Å². The van der Waals surface area contributed by atoms with Crippen LogP contribution in [0.25, 0.3) is 0 Å². The van der Waals surface area contributed by atoms with Crippen LogP contribution >= 0.6 is 0 Å². The van der Waals surface area contributed by atoms with Crippen LogP contribution < -0.4 is 0 Å². The molecule has 2 aromatic rings. The van der Waals surface area contributed by atoms with E-state index < -0.39 is 0 Å². The molecule has 1 atom stereocenters. The number of aryl methyl sites for hydroxylation is 1. The largest absolute Gasteiger partial charge is 0.293 e. The Hall–Kier alpha value is -2.03. The zero-order chi connectivity index (χ0) is 13.1. The smallest absolute Gasteiger partial charge is 0.171 e. The van der Waals surface area contributed by atoms with Crippen molar-refractivity contribution in [1.82, 2.24) is 4.98 Å². The first kappa shape index (κ1) is 12.4. The number of hydrogen-bond acceptors (Lipinski definition) is 2. The number of rotatable bonds is 3. The summed E-state index contributed by atoms with van der Waals surface area (Å²) in [4.78, 5) is 16.4. The van der Waals surface area contributed by atoms with Gasteiger partial charge in [-0.05, 0) is 37.6 Å². The Labute approximate surface area is 105 Å². The zero-order valence-electron chi connectivity index (χ0n) is 10.4. The summed E-state index contributed by atoms with van der Waals surface area (Å²) >= 11 is 0. The summed E-state index contributed by atoms with van der Waals surface area (Å²) in [6, 6.07) is 9.99. The van der Waals surface area contributed by atoms with E-state index in [1.54, 1.807) is 44.3 Å². The molecule has 1 heterocycles. The van der Waals surface area contributed by atoms with Crippen LogP contribution in [-0.2, 0) is 0 Å². The first-order chi connectivity index (χ1) is 8.59. The van der Waals surface area contributed by atoms with Crippen molar-refractivity contribution in [2.45, 2.75) is 19.8 Å². The molecule has 92 valence electrons. The Morgan fingerprint density at radius 1 is 1.28 bits per heavy atom. The van der Waals surface area contributed by atoms with E-state index in [-0.39, 0.29) is 17.5 Å². The van der Waals surface area contributed by atoms with Crippen molar-refractivity contribution in [2.75, 3.05) is 0 Å². The lowest BCUT2D eigenvalue weighted by atomic mass is 9.95. The molecule has 0 bridgehead atoms. The molecule has 0 aliphatic carbocycles. The molecule has 0 aliphatic heterocycles. The summed E-state index contributed by atoms with van der Waals surface area (Å²) in [6.07, 6.45) is 1.65. The lowest BCUT2D eigenvalue weighted by Crippen LogP contribution is -2.11. The van der Waals surface area contributed by atoms with E-state index in [0.717, 1.165) is 0 Å². The van der Waals surface area contributed by atoms with Gasteiger partial charge >= 0.3 is 0 Å². The highest BCUT2D eigenvalue weighted by Crippen LogP contribution is 2.19. The molecule has 0 saturated carbocycles. The molecule has 0 amide bonds. The van der Waals surface area contributed by atoms with Crippen LogP contribution in [0.15, 0.2) is 42.6 Å². The Balaban J connectivity index is 2.29. The average molecular weight is 243 g/mol. The van der Waals surface area contributed by atoms with Crippen molar-refractivity contribution in [1.29, 1.82) is 0 Å². The van der Waals surface area contributed by atoms with Gasteiger partial charge in [0.2, 0.25) is 0 Å². The highest BCUT2D eigenvalue weighted by atomic mass is 19.1. The fourth-order valence-corrected chi connectivity index (χ4v) is 1.76. The summed E-state index contributed by atoms with van der Waals surface area (Å²) in [6.45, 7) is 3.45. The maximum Gasteiger partial charge on any atom is 0.171 e. The number of nitrogens with zero attached hydrogens (tertiary/aromatic N) is 1. The fraction of sp³-hybridized carbons (Fsp3) is 0.200. The number of pyridine rings is 1. The number of aromatic nitrogens is 1. The molecular formula is C15H14FNO. The lowest BCUT2D eigenvalue weighted by Gasteiger charge is -2.10. The SMILES string of the molecule is Cc1ccc(C(=O)C(C)c2ccccn2)cc1F. The van der Waals surface area contributed by atoms with E-state index >= 15 is 0 Å². The van der Waals surface area contributed by atoms with E-state index in [9.17, 15) is 9.18 Å². The zero-order valence-corrected chi connectivity index (χ0v) is 10.4. The van der Waals surface area contributed by atoms with Gasteiger partial charge in [-0.25, -0.2) is 4.39 Å². The fourth-order valence-electron chi connectivity index (χ4n) is 1.76. The molecule has 0 aliphatic rings. The summed E-state index contributed by atoms with van der Waals surface area (Å²) in [5.41, 5.74) is 1.62. The molecule has 1 aromatic heterocycles. The predicted molar refractivity (Wildman–Crippen MR) is 68.1 cm³/mol. The quantitative estimate of drug-likeness (QED) is 0.772. The van der Waals surface area contributed by atoms with Gasteiger partial charge in [0.1, 0.15) is 5.82 Å². The third kappa shape index (κ3) is 2.45. The highest BCUT2D eigenvalue weighted by Gasteiger charge is 2.18. The molecule has 3 heteroatoms. The molecule has 0 fully saturated rings. The third-order valence-corrected chi connectivity index (χ3v) is 2.98. The molecular weight excluding hydrogens is 229 g/mol. The summed E-state index contributed by atoms with van der Waals surface area (Å²) in [7, 11) is 0. The molecule has 18 heavy (non-hydrogen) atoms. The minimum atomic E-state index is -0.367. The van der Waals surface area contributed by atoms with Crippen LogP contribution in [0.1, 0.15) is 34.5 Å². The first-order valence-electron chi connectivity index (χ1n) is 5.81. The van der Waals surface area contributed by atoms with E-state index in [0.29, 0.717) is 16.8 Å². The number of hydrogen-bond donors (Lipinski definition) is 0. The monoisotopic (exact) mass is 243 g/mol. The van der Waals surface area contributed by atoms with Gasteiger partial charge in [0.25, 0.3) is 0 Å². The second-order valence-electron chi connectivity index (χ2n) is 4.30. The van der Waals surface area contributed by atoms with Crippen LogP contribution in [0.2, 0.25) is 0 Å². The molecule has 0 N–H and O–H groups in total. The maximum atomic E-state index is 13.4. The van der Waals surface area contributed by atoms with Gasteiger partial charge in [0, 0.05) is 11.8 Å². The standard InChI is InChI=1S/C15H14FNO/c1-10-6-7-12(9-13(10)16)15(18)11(2)14-5-3-4-8-17-14/h3-9,11H,1-2H3. The third-order valence-electron chi connectivity index (χ3n) is 2.98. The van der Waals surface area contributed by atoms with Gasteiger partial charge in [0.15, 0.2) is 5.78 Å². The molecule has 0 saturated heterocycles. The summed E-state index contributed by atoms with van der Waals surface area (Å²) in [5.74, 6) is -0.838. The van der Waals surface area contributed by atoms with Crippen molar-refractivity contribution in [2.24, 2.45) is 0 Å². The Morgan fingerprint density at radius 2 is 2.06 bits per heavy atom. The van der Waals surface area contributed by atoms with Crippen LogP contribution in [0.4, 0.5) is 4.39 Å². The molecule has 1 unspecified atom stereocenters. The first-order valence-corrected chi connectivity index (χ1v) is 5.81. The molecule has 2 rings (SSSR count). The predicted octanol–water partition coefficient (Wildman–Crippen LogP) is 3.52. The average Bonchev–Trinajstić information content (AvgIpc) is 2.41. The number of benzene rings is 1. The van der Waals surface area contributed by atoms with Gasteiger partial charge < -0.3 is 0 Å². The Bertz CT molecular complexity index is 566. The van der Waals surface area contributed by atoms with E-state index in [4.69, 9.17) is 0 Å². The van der Waals surface area contributed by atoms with Gasteiger partial charge in [-0.15, -0.1) is 0 Å². The van der Waals surface area contributed by atoms with Crippen molar-refractivity contribution in [3.63, 3.8) is 0 Å². The van der Waals surface area contributed by atoms with E-state index in [1.165, 1.54) is 6.07 Å².